The Morgan fingerprint density at radius 2 is 2.26 bits per heavy atom. The van der Waals surface area contributed by atoms with Crippen LogP contribution in [-0.4, -0.2) is 45.0 Å². The molecule has 1 N–H and O–H groups in total. The Kier molecular flexibility index (Phi) is 3.69. The van der Waals surface area contributed by atoms with Gasteiger partial charge in [-0.15, -0.1) is 5.10 Å². The van der Waals surface area contributed by atoms with Crippen molar-refractivity contribution in [3.8, 4) is 0 Å². The van der Waals surface area contributed by atoms with Gasteiger partial charge in [0, 0.05) is 19.3 Å². The van der Waals surface area contributed by atoms with Gasteiger partial charge in [-0.05, 0) is 32.9 Å². The summed E-state index contributed by atoms with van der Waals surface area (Å²) in [7, 11) is 1.78. The predicted octanol–water partition coefficient (Wildman–Crippen LogP) is 1.32. The standard InChI is InChI=1S/C13H19N5O/c1-5-17(4)12(19)10(3)14-13-15-11-8-6-7-9(2)18(11)16-13/h6-8,10H,5H2,1-4H3,(H,14,16). The lowest BCUT2D eigenvalue weighted by molar-refractivity contribution is -0.130. The molecule has 1 atom stereocenters. The van der Waals surface area contributed by atoms with Crippen LogP contribution >= 0.6 is 0 Å². The number of aryl methyl sites for hydroxylation is 1. The third-order valence-electron chi connectivity index (χ3n) is 3.12. The van der Waals surface area contributed by atoms with Crippen LogP contribution in [0.3, 0.4) is 0 Å². The minimum atomic E-state index is -0.345. The summed E-state index contributed by atoms with van der Waals surface area (Å²) in [6, 6.07) is 5.44. The van der Waals surface area contributed by atoms with Gasteiger partial charge in [-0.25, -0.2) is 4.52 Å². The maximum Gasteiger partial charge on any atom is 0.244 e. The molecule has 1 unspecified atom stereocenters. The summed E-state index contributed by atoms with van der Waals surface area (Å²) >= 11 is 0. The summed E-state index contributed by atoms with van der Waals surface area (Å²) < 4.78 is 1.75. The Labute approximate surface area is 112 Å². The SMILES string of the molecule is CCN(C)C(=O)C(C)Nc1nc2cccc(C)n2n1. The van der Waals surface area contributed by atoms with Crippen molar-refractivity contribution in [3.05, 3.63) is 23.9 Å². The van der Waals surface area contributed by atoms with Crippen molar-refractivity contribution < 1.29 is 4.79 Å². The zero-order valence-electron chi connectivity index (χ0n) is 11.7. The highest BCUT2D eigenvalue weighted by Gasteiger charge is 2.17. The second-order valence-corrected chi connectivity index (χ2v) is 4.59. The summed E-state index contributed by atoms with van der Waals surface area (Å²) in [6.45, 7) is 6.40. The predicted molar refractivity (Wildman–Crippen MR) is 74.1 cm³/mol. The van der Waals surface area contributed by atoms with Gasteiger partial charge in [0.15, 0.2) is 5.65 Å². The Morgan fingerprint density at radius 1 is 1.53 bits per heavy atom. The molecule has 0 spiro atoms. The molecule has 19 heavy (non-hydrogen) atoms. The van der Waals surface area contributed by atoms with Gasteiger partial charge in [-0.3, -0.25) is 4.79 Å². The van der Waals surface area contributed by atoms with Gasteiger partial charge in [-0.1, -0.05) is 6.07 Å². The van der Waals surface area contributed by atoms with E-state index < -0.39 is 0 Å². The fraction of sp³-hybridized carbons (Fsp3) is 0.462. The summed E-state index contributed by atoms with van der Waals surface area (Å²) in [5.74, 6) is 0.498. The van der Waals surface area contributed by atoms with Crippen LogP contribution < -0.4 is 5.32 Å². The molecule has 6 heteroatoms. The van der Waals surface area contributed by atoms with E-state index in [1.165, 1.54) is 0 Å². The molecule has 2 aromatic rings. The Hall–Kier alpha value is -2.11. The van der Waals surface area contributed by atoms with Crippen LogP contribution in [0.4, 0.5) is 5.95 Å². The maximum atomic E-state index is 12.0. The third-order valence-corrected chi connectivity index (χ3v) is 3.12. The van der Waals surface area contributed by atoms with Crippen molar-refractivity contribution in [1.29, 1.82) is 0 Å². The largest absolute Gasteiger partial charge is 0.344 e. The van der Waals surface area contributed by atoms with Crippen LogP contribution in [0, 0.1) is 6.92 Å². The van der Waals surface area contributed by atoms with Crippen LogP contribution in [-0.2, 0) is 4.79 Å². The zero-order chi connectivity index (χ0) is 14.0. The molecule has 0 aliphatic heterocycles. The van der Waals surface area contributed by atoms with Gasteiger partial charge >= 0.3 is 0 Å². The first-order valence-electron chi connectivity index (χ1n) is 6.37. The molecule has 2 aromatic heterocycles. The summed E-state index contributed by atoms with van der Waals surface area (Å²) in [5, 5.41) is 7.38. The van der Waals surface area contributed by atoms with Crippen molar-refractivity contribution >= 4 is 17.5 Å². The third kappa shape index (κ3) is 2.67. The molecule has 0 fully saturated rings. The van der Waals surface area contributed by atoms with Crippen LogP contribution in [0.1, 0.15) is 19.5 Å². The van der Waals surface area contributed by atoms with E-state index in [0.717, 1.165) is 11.3 Å². The number of hydrogen-bond acceptors (Lipinski definition) is 4. The van der Waals surface area contributed by atoms with Crippen molar-refractivity contribution in [2.45, 2.75) is 26.8 Å². The van der Waals surface area contributed by atoms with Gasteiger partial charge in [0.05, 0.1) is 0 Å². The average molecular weight is 261 g/mol. The number of pyridine rings is 1. The van der Waals surface area contributed by atoms with Crippen LogP contribution in [0.2, 0.25) is 0 Å². The Morgan fingerprint density at radius 3 is 2.89 bits per heavy atom. The minimum absolute atomic E-state index is 0.0260. The molecule has 0 saturated carbocycles. The summed E-state index contributed by atoms with van der Waals surface area (Å²) in [4.78, 5) is 18.0. The van der Waals surface area contributed by atoms with Crippen molar-refractivity contribution in [3.63, 3.8) is 0 Å². The second kappa shape index (κ2) is 5.26. The quantitative estimate of drug-likeness (QED) is 0.901. The monoisotopic (exact) mass is 261 g/mol. The van der Waals surface area contributed by atoms with Crippen LogP contribution in [0.15, 0.2) is 18.2 Å². The molecule has 6 nitrogen and oxygen atoms in total. The number of anilines is 1. The lowest BCUT2D eigenvalue weighted by Gasteiger charge is -2.19. The topological polar surface area (TPSA) is 62.5 Å². The summed E-state index contributed by atoms with van der Waals surface area (Å²) in [6.07, 6.45) is 0. The van der Waals surface area contributed by atoms with Gasteiger partial charge in [0.2, 0.25) is 11.9 Å². The fourth-order valence-electron chi connectivity index (χ4n) is 1.84. The molecule has 0 aliphatic carbocycles. The number of rotatable bonds is 4. The van der Waals surface area contributed by atoms with E-state index >= 15 is 0 Å². The highest BCUT2D eigenvalue weighted by Crippen LogP contribution is 2.09. The molecule has 0 radical (unpaired) electrons. The first kappa shape index (κ1) is 13.3. The van der Waals surface area contributed by atoms with E-state index in [-0.39, 0.29) is 11.9 Å². The highest BCUT2D eigenvalue weighted by molar-refractivity contribution is 5.83. The first-order valence-corrected chi connectivity index (χ1v) is 6.37. The van der Waals surface area contributed by atoms with E-state index in [0.29, 0.717) is 12.5 Å². The summed E-state index contributed by atoms with van der Waals surface area (Å²) in [5.41, 5.74) is 1.77. The second-order valence-electron chi connectivity index (χ2n) is 4.59. The first-order chi connectivity index (χ1) is 9.02. The molecule has 0 aromatic carbocycles. The van der Waals surface area contributed by atoms with Gasteiger partial charge in [-0.2, -0.15) is 4.98 Å². The van der Waals surface area contributed by atoms with E-state index in [9.17, 15) is 4.79 Å². The fourth-order valence-corrected chi connectivity index (χ4v) is 1.84. The van der Waals surface area contributed by atoms with Crippen molar-refractivity contribution in [1.82, 2.24) is 19.5 Å². The molecular weight excluding hydrogens is 242 g/mol. The van der Waals surface area contributed by atoms with E-state index in [1.54, 1.807) is 16.5 Å². The van der Waals surface area contributed by atoms with Crippen LogP contribution in [0.25, 0.3) is 5.65 Å². The Balaban J connectivity index is 2.17. The van der Waals surface area contributed by atoms with Crippen molar-refractivity contribution in [2.75, 3.05) is 18.9 Å². The number of nitrogens with one attached hydrogen (secondary N) is 1. The number of carbonyl (C=O) groups is 1. The minimum Gasteiger partial charge on any atom is -0.344 e. The average Bonchev–Trinajstić information content (AvgIpc) is 2.80. The van der Waals surface area contributed by atoms with E-state index in [4.69, 9.17) is 0 Å². The number of likely N-dealkylation sites (N-methyl/N-ethyl adjacent to an activating group) is 1. The maximum absolute atomic E-state index is 12.0. The highest BCUT2D eigenvalue weighted by atomic mass is 16.2. The van der Waals surface area contributed by atoms with E-state index in [1.807, 2.05) is 39.0 Å². The number of carbonyl (C=O) groups excluding carboxylic acids is 1. The Bertz CT molecular complexity index is 592. The van der Waals surface area contributed by atoms with Gasteiger partial charge in [0.1, 0.15) is 6.04 Å². The molecule has 2 heterocycles. The van der Waals surface area contributed by atoms with Crippen molar-refractivity contribution in [2.24, 2.45) is 0 Å². The van der Waals surface area contributed by atoms with Gasteiger partial charge < -0.3 is 10.2 Å². The molecule has 1 amide bonds. The van der Waals surface area contributed by atoms with E-state index in [2.05, 4.69) is 15.4 Å². The molecule has 2 rings (SSSR count). The number of hydrogen-bond donors (Lipinski definition) is 1. The smallest absolute Gasteiger partial charge is 0.244 e. The molecule has 0 aliphatic rings. The number of nitrogens with zero attached hydrogens (tertiary/aromatic N) is 4. The lowest BCUT2D eigenvalue weighted by Crippen LogP contribution is -2.39. The van der Waals surface area contributed by atoms with Crippen LogP contribution in [0.5, 0.6) is 0 Å². The lowest BCUT2D eigenvalue weighted by atomic mass is 10.3. The van der Waals surface area contributed by atoms with Gasteiger partial charge in [0.25, 0.3) is 0 Å². The number of fused-ring (bicyclic) bond motifs is 1. The normalized spacial score (nSPS) is 12.4. The molecule has 102 valence electrons. The number of amides is 1. The number of aromatic nitrogens is 3. The zero-order valence-corrected chi connectivity index (χ0v) is 11.7. The molecule has 0 bridgehead atoms. The molecular formula is C13H19N5O. The molecule has 0 saturated heterocycles.